The standard InChI is InChI=1S/C31H29F2N7O3/c32-20-2-4-21(5-3-20)39-12-9-22(27(30(35)42)31(39)43)19-1-6-23(25(33)15-19)24-16-26(40-28(24)29(34)36-17-37-40)18-7-10-38(11-8-18)13-14-41/h1-6,9,12,15-18,41H,7-8,10-11,13-14H2,(H2,35,42)(H2,34,36,37). The van der Waals surface area contributed by atoms with Crippen LogP contribution in [0.25, 0.3) is 33.5 Å². The number of hydrogen-bond donors (Lipinski definition) is 3. The van der Waals surface area contributed by atoms with Gasteiger partial charge in [-0.2, -0.15) is 5.10 Å². The van der Waals surface area contributed by atoms with E-state index < -0.39 is 23.1 Å². The van der Waals surface area contributed by atoms with Gasteiger partial charge in [-0.25, -0.2) is 18.3 Å². The Bertz CT molecular complexity index is 1890. The Morgan fingerprint density at radius 1 is 1.00 bits per heavy atom. The van der Waals surface area contributed by atoms with Gasteiger partial charge in [0.2, 0.25) is 0 Å². The maximum Gasteiger partial charge on any atom is 0.268 e. The van der Waals surface area contributed by atoms with Gasteiger partial charge in [-0.3, -0.25) is 14.2 Å². The van der Waals surface area contributed by atoms with E-state index in [0.29, 0.717) is 23.3 Å². The first-order valence-electron chi connectivity index (χ1n) is 13.8. The van der Waals surface area contributed by atoms with Crippen LogP contribution in [0.3, 0.4) is 0 Å². The Kier molecular flexibility index (Phi) is 7.46. The normalized spacial score (nSPS) is 14.4. The molecule has 12 heteroatoms. The van der Waals surface area contributed by atoms with E-state index in [-0.39, 0.29) is 40.6 Å². The van der Waals surface area contributed by atoms with Gasteiger partial charge in [-0.1, -0.05) is 12.1 Å². The number of aromatic nitrogens is 4. The number of carbonyl (C=O) groups excluding carboxylic acids is 1. The van der Waals surface area contributed by atoms with Gasteiger partial charge >= 0.3 is 0 Å². The molecule has 5 N–H and O–H groups in total. The first-order chi connectivity index (χ1) is 20.8. The molecule has 5 aromatic rings. The number of carbonyl (C=O) groups is 1. The summed E-state index contributed by atoms with van der Waals surface area (Å²) in [7, 11) is 0. The maximum absolute atomic E-state index is 15.9. The molecule has 0 aliphatic carbocycles. The fourth-order valence-corrected chi connectivity index (χ4v) is 5.90. The first-order valence-corrected chi connectivity index (χ1v) is 13.8. The lowest BCUT2D eigenvalue weighted by Crippen LogP contribution is -2.35. The third kappa shape index (κ3) is 5.15. The average molecular weight is 586 g/mol. The largest absolute Gasteiger partial charge is 0.395 e. The molecule has 0 bridgehead atoms. The summed E-state index contributed by atoms with van der Waals surface area (Å²) in [5, 5.41) is 13.7. The van der Waals surface area contributed by atoms with Crippen LogP contribution in [-0.2, 0) is 0 Å². The van der Waals surface area contributed by atoms with Crippen molar-refractivity contribution in [2.24, 2.45) is 5.73 Å². The van der Waals surface area contributed by atoms with Crippen molar-refractivity contribution >= 4 is 17.2 Å². The molecule has 4 heterocycles. The van der Waals surface area contributed by atoms with Crippen LogP contribution in [0.2, 0.25) is 0 Å². The first kappa shape index (κ1) is 28.2. The molecule has 1 fully saturated rings. The Balaban J connectivity index is 1.41. The molecule has 1 saturated heterocycles. The second kappa shape index (κ2) is 11.4. The highest BCUT2D eigenvalue weighted by molar-refractivity contribution is 6.00. The van der Waals surface area contributed by atoms with Crippen molar-refractivity contribution < 1.29 is 18.7 Å². The van der Waals surface area contributed by atoms with Gasteiger partial charge in [0.15, 0.2) is 5.82 Å². The van der Waals surface area contributed by atoms with Gasteiger partial charge in [0.05, 0.1) is 6.61 Å². The van der Waals surface area contributed by atoms with E-state index in [1.54, 1.807) is 16.6 Å². The number of amides is 1. The Morgan fingerprint density at radius 3 is 2.42 bits per heavy atom. The molecule has 6 rings (SSSR count). The summed E-state index contributed by atoms with van der Waals surface area (Å²) < 4.78 is 32.2. The molecule has 0 unspecified atom stereocenters. The van der Waals surface area contributed by atoms with Crippen LogP contribution in [0.1, 0.15) is 34.8 Å². The third-order valence-electron chi connectivity index (χ3n) is 8.05. The number of aliphatic hydroxyl groups is 1. The molecule has 0 spiro atoms. The van der Waals surface area contributed by atoms with Gasteiger partial charge in [0.25, 0.3) is 11.5 Å². The number of aliphatic hydroxyl groups excluding tert-OH is 1. The van der Waals surface area contributed by atoms with Crippen molar-refractivity contribution in [1.82, 2.24) is 24.1 Å². The van der Waals surface area contributed by atoms with Gasteiger partial charge in [-0.15, -0.1) is 0 Å². The highest BCUT2D eigenvalue weighted by atomic mass is 19.1. The minimum Gasteiger partial charge on any atom is -0.395 e. The van der Waals surface area contributed by atoms with E-state index >= 15 is 4.39 Å². The van der Waals surface area contributed by atoms with Gasteiger partial charge in [0, 0.05) is 46.7 Å². The number of anilines is 1. The number of piperidine rings is 1. The number of halogens is 2. The lowest BCUT2D eigenvalue weighted by Gasteiger charge is -2.31. The Labute approximate surface area is 244 Å². The van der Waals surface area contributed by atoms with Crippen molar-refractivity contribution in [3.63, 3.8) is 0 Å². The van der Waals surface area contributed by atoms with Crippen molar-refractivity contribution in [3.8, 4) is 27.9 Å². The fourth-order valence-electron chi connectivity index (χ4n) is 5.90. The summed E-state index contributed by atoms with van der Waals surface area (Å²) in [6, 6.07) is 13.0. The zero-order valence-electron chi connectivity index (χ0n) is 23.1. The molecule has 10 nitrogen and oxygen atoms in total. The lowest BCUT2D eigenvalue weighted by molar-refractivity contribution is 0.0999. The molecule has 0 saturated carbocycles. The summed E-state index contributed by atoms with van der Waals surface area (Å²) in [5.41, 5.74) is 13.8. The molecule has 0 radical (unpaired) electrons. The zero-order chi connectivity index (χ0) is 30.2. The number of nitrogens with zero attached hydrogens (tertiary/aromatic N) is 5. The zero-order valence-corrected chi connectivity index (χ0v) is 23.1. The van der Waals surface area contributed by atoms with Crippen LogP contribution in [0.5, 0.6) is 0 Å². The summed E-state index contributed by atoms with van der Waals surface area (Å²) in [5.74, 6) is -1.69. The summed E-state index contributed by atoms with van der Waals surface area (Å²) >= 11 is 0. The minimum absolute atomic E-state index is 0.107. The Morgan fingerprint density at radius 2 is 1.74 bits per heavy atom. The van der Waals surface area contributed by atoms with Gasteiger partial charge < -0.3 is 21.5 Å². The quantitative estimate of drug-likeness (QED) is 0.266. The van der Waals surface area contributed by atoms with E-state index in [4.69, 9.17) is 11.5 Å². The molecule has 1 aliphatic heterocycles. The fraction of sp³-hybridized carbons (Fsp3) is 0.226. The summed E-state index contributed by atoms with van der Waals surface area (Å²) in [4.78, 5) is 32.1. The molecule has 3 aromatic heterocycles. The molecule has 1 amide bonds. The SMILES string of the molecule is NC(=O)c1c(-c2ccc(-c3cc(C4CCN(CCO)CC4)n4ncnc(N)c34)c(F)c2)ccn(-c2ccc(F)cc2)c1=O. The minimum atomic E-state index is -0.973. The monoisotopic (exact) mass is 585 g/mol. The van der Waals surface area contributed by atoms with Crippen molar-refractivity contribution in [2.75, 3.05) is 32.0 Å². The molecule has 220 valence electrons. The van der Waals surface area contributed by atoms with Crippen molar-refractivity contribution in [3.05, 3.63) is 100 Å². The second-order valence-electron chi connectivity index (χ2n) is 10.5. The smallest absolute Gasteiger partial charge is 0.268 e. The van der Waals surface area contributed by atoms with E-state index in [1.165, 1.54) is 53.5 Å². The maximum atomic E-state index is 15.9. The molecule has 0 atom stereocenters. The van der Waals surface area contributed by atoms with E-state index in [2.05, 4.69) is 15.0 Å². The number of benzene rings is 2. The second-order valence-corrected chi connectivity index (χ2v) is 10.5. The highest BCUT2D eigenvalue weighted by Gasteiger charge is 2.27. The van der Waals surface area contributed by atoms with Crippen LogP contribution in [-0.4, -0.2) is 61.3 Å². The topological polar surface area (TPSA) is 145 Å². The van der Waals surface area contributed by atoms with Crippen LogP contribution in [0.15, 0.2) is 71.9 Å². The number of primary amides is 1. The molecule has 43 heavy (non-hydrogen) atoms. The average Bonchev–Trinajstić information content (AvgIpc) is 3.38. The highest BCUT2D eigenvalue weighted by Crippen LogP contribution is 2.38. The van der Waals surface area contributed by atoms with Crippen LogP contribution in [0.4, 0.5) is 14.6 Å². The molecular formula is C31H29F2N7O3. The third-order valence-corrected chi connectivity index (χ3v) is 8.05. The molecular weight excluding hydrogens is 556 g/mol. The Hall–Kier alpha value is -4.94. The van der Waals surface area contributed by atoms with Gasteiger partial charge in [-0.05, 0) is 74.0 Å². The number of β-amino-alcohol motifs (C(OH)–C–C–N with tert-alkyl or cyclic N) is 1. The predicted octanol–water partition coefficient (Wildman–Crippen LogP) is 3.35. The number of likely N-dealkylation sites (tertiary alicyclic amines) is 1. The summed E-state index contributed by atoms with van der Waals surface area (Å²) in [6.07, 6.45) is 4.49. The van der Waals surface area contributed by atoms with Gasteiger partial charge in [0.1, 0.15) is 29.0 Å². The van der Waals surface area contributed by atoms with Crippen molar-refractivity contribution in [1.29, 1.82) is 0 Å². The lowest BCUT2D eigenvalue weighted by atomic mass is 9.92. The van der Waals surface area contributed by atoms with Crippen molar-refractivity contribution in [2.45, 2.75) is 18.8 Å². The van der Waals surface area contributed by atoms with E-state index in [9.17, 15) is 19.1 Å². The number of nitrogen functional groups attached to an aromatic ring is 1. The predicted molar refractivity (Wildman–Crippen MR) is 158 cm³/mol. The molecule has 2 aromatic carbocycles. The van der Waals surface area contributed by atoms with Crippen LogP contribution in [0, 0.1) is 11.6 Å². The number of fused-ring (bicyclic) bond motifs is 1. The van der Waals surface area contributed by atoms with Crippen LogP contribution >= 0.6 is 0 Å². The number of nitrogens with two attached hydrogens (primary N) is 2. The van der Waals surface area contributed by atoms with Crippen LogP contribution < -0.4 is 17.0 Å². The van der Waals surface area contributed by atoms with E-state index in [0.717, 1.165) is 31.6 Å². The number of pyridine rings is 1. The number of hydrogen-bond acceptors (Lipinski definition) is 7. The van der Waals surface area contributed by atoms with E-state index in [1.807, 2.05) is 6.07 Å². The number of rotatable bonds is 7. The molecule has 1 aliphatic rings. The summed E-state index contributed by atoms with van der Waals surface area (Å²) in [6.45, 7) is 2.37.